The van der Waals surface area contributed by atoms with Gasteiger partial charge in [0.05, 0.1) is 6.07 Å². The van der Waals surface area contributed by atoms with Crippen molar-refractivity contribution in [3.63, 3.8) is 0 Å². The summed E-state index contributed by atoms with van der Waals surface area (Å²) in [6.07, 6.45) is 8.93. The summed E-state index contributed by atoms with van der Waals surface area (Å²) >= 11 is 0. The average molecular weight is 165 g/mol. The topological polar surface area (TPSA) is 23.8 Å². The third-order valence-electron chi connectivity index (χ3n) is 2.97. The summed E-state index contributed by atoms with van der Waals surface area (Å²) in [5.41, 5.74) is 0. The molecule has 1 fully saturated rings. The van der Waals surface area contributed by atoms with Crippen LogP contribution >= 0.6 is 0 Å². The lowest BCUT2D eigenvalue weighted by molar-refractivity contribution is 0.420. The standard InChI is InChI=1S/C11H19N/c1-2-4-10-5-3-6-11(9-12)8-7-10/h10-11H,2-8H2,1H3. The highest BCUT2D eigenvalue weighted by Gasteiger charge is 2.17. The van der Waals surface area contributed by atoms with E-state index in [0.717, 1.165) is 18.8 Å². The van der Waals surface area contributed by atoms with E-state index in [2.05, 4.69) is 13.0 Å². The highest BCUT2D eigenvalue weighted by Crippen LogP contribution is 2.29. The molecular weight excluding hydrogens is 146 g/mol. The van der Waals surface area contributed by atoms with Crippen LogP contribution in [0.4, 0.5) is 0 Å². The molecule has 1 heteroatoms. The Morgan fingerprint density at radius 1 is 1.25 bits per heavy atom. The van der Waals surface area contributed by atoms with Gasteiger partial charge in [-0.3, -0.25) is 0 Å². The normalized spacial score (nSPS) is 30.7. The van der Waals surface area contributed by atoms with Crippen molar-refractivity contribution in [2.75, 3.05) is 0 Å². The van der Waals surface area contributed by atoms with Crippen LogP contribution in [0.3, 0.4) is 0 Å². The fraction of sp³-hybridized carbons (Fsp3) is 0.909. The van der Waals surface area contributed by atoms with Crippen molar-refractivity contribution in [2.24, 2.45) is 11.8 Å². The first-order chi connectivity index (χ1) is 5.86. The number of nitrogens with zero attached hydrogens (tertiary/aromatic N) is 1. The van der Waals surface area contributed by atoms with Crippen molar-refractivity contribution >= 4 is 0 Å². The molecule has 0 heterocycles. The first kappa shape index (κ1) is 9.58. The van der Waals surface area contributed by atoms with Crippen LogP contribution in [0.25, 0.3) is 0 Å². The Balaban J connectivity index is 2.30. The largest absolute Gasteiger partial charge is 0.198 e. The van der Waals surface area contributed by atoms with E-state index in [1.165, 1.54) is 32.1 Å². The molecule has 0 bridgehead atoms. The summed E-state index contributed by atoms with van der Waals surface area (Å²) in [6, 6.07) is 2.41. The molecule has 0 amide bonds. The minimum absolute atomic E-state index is 0.367. The molecule has 1 rings (SSSR count). The zero-order valence-electron chi connectivity index (χ0n) is 8.05. The Morgan fingerprint density at radius 3 is 2.75 bits per heavy atom. The van der Waals surface area contributed by atoms with E-state index < -0.39 is 0 Å². The SMILES string of the molecule is CCCC1CCCC(C#N)CC1. The third kappa shape index (κ3) is 2.85. The van der Waals surface area contributed by atoms with Gasteiger partial charge in [-0.05, 0) is 25.2 Å². The molecule has 68 valence electrons. The van der Waals surface area contributed by atoms with Gasteiger partial charge in [-0.25, -0.2) is 0 Å². The number of hydrogen-bond donors (Lipinski definition) is 0. The third-order valence-corrected chi connectivity index (χ3v) is 2.97. The van der Waals surface area contributed by atoms with Crippen molar-refractivity contribution in [1.29, 1.82) is 5.26 Å². The zero-order chi connectivity index (χ0) is 8.81. The van der Waals surface area contributed by atoms with Crippen LogP contribution in [0.2, 0.25) is 0 Å². The quantitative estimate of drug-likeness (QED) is 0.574. The molecule has 0 spiro atoms. The van der Waals surface area contributed by atoms with E-state index in [1.54, 1.807) is 0 Å². The molecule has 0 radical (unpaired) electrons. The summed E-state index contributed by atoms with van der Waals surface area (Å²) in [5, 5.41) is 8.78. The van der Waals surface area contributed by atoms with Gasteiger partial charge in [0.1, 0.15) is 0 Å². The van der Waals surface area contributed by atoms with E-state index >= 15 is 0 Å². The Bertz CT molecular complexity index is 157. The molecule has 0 aromatic rings. The molecule has 12 heavy (non-hydrogen) atoms. The van der Waals surface area contributed by atoms with Crippen molar-refractivity contribution in [2.45, 2.75) is 51.9 Å². The van der Waals surface area contributed by atoms with Gasteiger partial charge < -0.3 is 0 Å². The Kier molecular flexibility index (Phi) is 4.14. The van der Waals surface area contributed by atoms with Crippen LogP contribution in [0, 0.1) is 23.2 Å². The molecule has 1 aliphatic carbocycles. The monoisotopic (exact) mass is 165 g/mol. The van der Waals surface area contributed by atoms with E-state index in [0.29, 0.717) is 5.92 Å². The maximum absolute atomic E-state index is 8.78. The minimum Gasteiger partial charge on any atom is -0.198 e. The van der Waals surface area contributed by atoms with Gasteiger partial charge in [-0.15, -0.1) is 0 Å². The first-order valence-corrected chi connectivity index (χ1v) is 5.26. The Hall–Kier alpha value is -0.510. The van der Waals surface area contributed by atoms with Crippen LogP contribution in [0.1, 0.15) is 51.9 Å². The summed E-state index contributed by atoms with van der Waals surface area (Å²) < 4.78 is 0. The number of hydrogen-bond acceptors (Lipinski definition) is 1. The first-order valence-electron chi connectivity index (χ1n) is 5.26. The summed E-state index contributed by atoms with van der Waals surface area (Å²) in [5.74, 6) is 1.29. The van der Waals surface area contributed by atoms with Crippen molar-refractivity contribution in [1.82, 2.24) is 0 Å². The van der Waals surface area contributed by atoms with Gasteiger partial charge in [0.2, 0.25) is 0 Å². The zero-order valence-corrected chi connectivity index (χ0v) is 8.05. The fourth-order valence-corrected chi connectivity index (χ4v) is 2.20. The summed E-state index contributed by atoms with van der Waals surface area (Å²) in [4.78, 5) is 0. The fourth-order valence-electron chi connectivity index (χ4n) is 2.20. The molecule has 0 aliphatic heterocycles. The maximum Gasteiger partial charge on any atom is 0.0655 e. The Morgan fingerprint density at radius 2 is 2.08 bits per heavy atom. The summed E-state index contributed by atoms with van der Waals surface area (Å²) in [6.45, 7) is 2.26. The van der Waals surface area contributed by atoms with E-state index in [-0.39, 0.29) is 0 Å². The molecule has 0 aromatic carbocycles. The molecule has 0 saturated heterocycles. The van der Waals surface area contributed by atoms with Gasteiger partial charge >= 0.3 is 0 Å². The van der Waals surface area contributed by atoms with Crippen LogP contribution in [-0.4, -0.2) is 0 Å². The molecule has 1 aliphatic rings. The molecule has 2 atom stereocenters. The molecule has 2 unspecified atom stereocenters. The molecule has 0 aromatic heterocycles. The van der Waals surface area contributed by atoms with E-state index in [4.69, 9.17) is 5.26 Å². The molecule has 1 saturated carbocycles. The van der Waals surface area contributed by atoms with Crippen LogP contribution in [-0.2, 0) is 0 Å². The second-order valence-electron chi connectivity index (χ2n) is 3.99. The highest BCUT2D eigenvalue weighted by atomic mass is 14.3. The molecular formula is C11H19N. The molecule has 1 nitrogen and oxygen atoms in total. The lowest BCUT2D eigenvalue weighted by Crippen LogP contribution is -1.98. The van der Waals surface area contributed by atoms with Crippen LogP contribution in [0.5, 0.6) is 0 Å². The van der Waals surface area contributed by atoms with Gasteiger partial charge in [-0.1, -0.05) is 32.6 Å². The smallest absolute Gasteiger partial charge is 0.0655 e. The second-order valence-corrected chi connectivity index (χ2v) is 3.99. The maximum atomic E-state index is 8.78. The predicted molar refractivity (Wildman–Crippen MR) is 50.6 cm³/mol. The summed E-state index contributed by atoms with van der Waals surface area (Å²) in [7, 11) is 0. The lowest BCUT2D eigenvalue weighted by atomic mass is 9.95. The number of nitriles is 1. The van der Waals surface area contributed by atoms with Crippen LogP contribution < -0.4 is 0 Å². The van der Waals surface area contributed by atoms with Crippen molar-refractivity contribution in [3.8, 4) is 6.07 Å². The van der Waals surface area contributed by atoms with Gasteiger partial charge in [0, 0.05) is 5.92 Å². The van der Waals surface area contributed by atoms with Gasteiger partial charge in [0.15, 0.2) is 0 Å². The van der Waals surface area contributed by atoms with E-state index in [1.807, 2.05) is 0 Å². The highest BCUT2D eigenvalue weighted by molar-refractivity contribution is 4.85. The number of rotatable bonds is 2. The van der Waals surface area contributed by atoms with Gasteiger partial charge in [0.25, 0.3) is 0 Å². The minimum atomic E-state index is 0.367. The second kappa shape index (κ2) is 5.19. The van der Waals surface area contributed by atoms with Crippen molar-refractivity contribution in [3.05, 3.63) is 0 Å². The van der Waals surface area contributed by atoms with Gasteiger partial charge in [-0.2, -0.15) is 5.26 Å². The van der Waals surface area contributed by atoms with Crippen molar-refractivity contribution < 1.29 is 0 Å². The Labute approximate surface area is 75.8 Å². The predicted octanol–water partition coefficient (Wildman–Crippen LogP) is 3.51. The average Bonchev–Trinajstić information content (AvgIpc) is 2.31. The van der Waals surface area contributed by atoms with E-state index in [9.17, 15) is 0 Å². The lowest BCUT2D eigenvalue weighted by Gasteiger charge is -2.11. The molecule has 0 N–H and O–H groups in total. The van der Waals surface area contributed by atoms with Crippen LogP contribution in [0.15, 0.2) is 0 Å².